The van der Waals surface area contributed by atoms with Gasteiger partial charge in [0.25, 0.3) is 0 Å². The number of nitrogens with one attached hydrogen (secondary N) is 1. The molecule has 2 aromatic carbocycles. The van der Waals surface area contributed by atoms with Crippen LogP contribution >= 0.6 is 15.9 Å². The lowest BCUT2D eigenvalue weighted by atomic mass is 10.1. The molecule has 1 N–H and O–H groups in total. The molecule has 23 heavy (non-hydrogen) atoms. The third-order valence-electron chi connectivity index (χ3n) is 2.94. The molecule has 0 fully saturated rings. The van der Waals surface area contributed by atoms with Gasteiger partial charge in [-0.3, -0.25) is 4.79 Å². The molecular formula is C18H13BrNO3-. The van der Waals surface area contributed by atoms with E-state index in [1.807, 2.05) is 30.3 Å². The molecule has 0 saturated heterocycles. The zero-order chi connectivity index (χ0) is 16.7. The van der Waals surface area contributed by atoms with Gasteiger partial charge in [0, 0.05) is 28.0 Å². The van der Waals surface area contributed by atoms with Gasteiger partial charge in [0.1, 0.15) is 0 Å². The number of carbonyl (C=O) groups is 2. The summed E-state index contributed by atoms with van der Waals surface area (Å²) in [6, 6.07) is 14.7. The Labute approximate surface area is 142 Å². The van der Waals surface area contributed by atoms with E-state index in [9.17, 15) is 14.7 Å². The predicted octanol–water partition coefficient (Wildman–Crippen LogP) is 2.32. The van der Waals surface area contributed by atoms with Crippen molar-refractivity contribution < 1.29 is 14.7 Å². The molecule has 116 valence electrons. The monoisotopic (exact) mass is 370 g/mol. The van der Waals surface area contributed by atoms with Crippen molar-refractivity contribution in [1.82, 2.24) is 0 Å². The zero-order valence-corrected chi connectivity index (χ0v) is 13.7. The van der Waals surface area contributed by atoms with Crippen molar-refractivity contribution in [2.45, 2.75) is 12.8 Å². The summed E-state index contributed by atoms with van der Waals surface area (Å²) in [5.41, 5.74) is 2.07. The number of hydrogen-bond acceptors (Lipinski definition) is 3. The van der Waals surface area contributed by atoms with E-state index in [0.29, 0.717) is 11.3 Å². The number of hydrogen-bond donors (Lipinski definition) is 1. The number of carbonyl (C=O) groups excluding carboxylic acids is 2. The summed E-state index contributed by atoms with van der Waals surface area (Å²) < 4.78 is 0.976. The summed E-state index contributed by atoms with van der Waals surface area (Å²) in [5.74, 6) is 4.41. The maximum Gasteiger partial charge on any atom is 0.224 e. The average molecular weight is 371 g/mol. The molecule has 0 spiro atoms. The smallest absolute Gasteiger partial charge is 0.224 e. The normalized spacial score (nSPS) is 9.61. The molecule has 0 saturated carbocycles. The van der Waals surface area contributed by atoms with Crippen LogP contribution in [-0.2, 0) is 9.59 Å². The van der Waals surface area contributed by atoms with Gasteiger partial charge >= 0.3 is 0 Å². The minimum Gasteiger partial charge on any atom is -0.550 e. The van der Waals surface area contributed by atoms with Gasteiger partial charge in [0.05, 0.1) is 5.69 Å². The van der Waals surface area contributed by atoms with Crippen LogP contribution in [0.15, 0.2) is 53.0 Å². The Bertz CT molecular complexity index is 773. The highest BCUT2D eigenvalue weighted by Crippen LogP contribution is 2.15. The fraction of sp³-hybridized carbons (Fsp3) is 0.111. The number of aliphatic carboxylic acids is 1. The Morgan fingerprint density at radius 2 is 1.70 bits per heavy atom. The van der Waals surface area contributed by atoms with Gasteiger partial charge in [0.2, 0.25) is 5.91 Å². The number of amides is 1. The first-order valence-corrected chi connectivity index (χ1v) is 7.70. The van der Waals surface area contributed by atoms with Crippen molar-refractivity contribution in [3.63, 3.8) is 0 Å². The zero-order valence-electron chi connectivity index (χ0n) is 12.1. The second kappa shape index (κ2) is 8.16. The van der Waals surface area contributed by atoms with Crippen LogP contribution in [0, 0.1) is 11.8 Å². The van der Waals surface area contributed by atoms with Crippen LogP contribution in [0.25, 0.3) is 0 Å². The lowest BCUT2D eigenvalue weighted by Crippen LogP contribution is -2.24. The van der Waals surface area contributed by atoms with Crippen LogP contribution in [0.3, 0.4) is 0 Å². The maximum atomic E-state index is 11.7. The number of halogens is 1. The number of benzene rings is 2. The van der Waals surface area contributed by atoms with Crippen molar-refractivity contribution in [3.05, 3.63) is 64.1 Å². The molecule has 2 rings (SSSR count). The minimum absolute atomic E-state index is 0.128. The van der Waals surface area contributed by atoms with Gasteiger partial charge in [-0.25, -0.2) is 0 Å². The first kappa shape index (κ1) is 16.8. The summed E-state index contributed by atoms with van der Waals surface area (Å²) in [7, 11) is 0. The highest BCUT2D eigenvalue weighted by molar-refractivity contribution is 9.10. The predicted molar refractivity (Wildman–Crippen MR) is 89.4 cm³/mol. The van der Waals surface area contributed by atoms with Crippen LogP contribution in [-0.4, -0.2) is 11.9 Å². The average Bonchev–Trinajstić information content (AvgIpc) is 2.53. The van der Waals surface area contributed by atoms with Crippen molar-refractivity contribution >= 4 is 33.5 Å². The summed E-state index contributed by atoms with van der Waals surface area (Å²) in [6.45, 7) is 0. The van der Waals surface area contributed by atoms with E-state index in [-0.39, 0.29) is 18.7 Å². The number of rotatable bonds is 4. The number of anilines is 1. The SMILES string of the molecule is O=C([O-])CCC(=O)Nc1ccccc1C#Cc1ccc(Br)cc1. The van der Waals surface area contributed by atoms with E-state index in [2.05, 4.69) is 33.1 Å². The van der Waals surface area contributed by atoms with E-state index in [4.69, 9.17) is 0 Å². The van der Waals surface area contributed by atoms with Crippen molar-refractivity contribution in [1.29, 1.82) is 0 Å². The van der Waals surface area contributed by atoms with Gasteiger partial charge < -0.3 is 15.2 Å². The molecule has 0 aliphatic rings. The highest BCUT2D eigenvalue weighted by atomic mass is 79.9. The Balaban J connectivity index is 2.13. The van der Waals surface area contributed by atoms with Crippen LogP contribution in [0.4, 0.5) is 5.69 Å². The quantitative estimate of drug-likeness (QED) is 0.839. The Hall–Kier alpha value is -2.58. The first-order valence-electron chi connectivity index (χ1n) is 6.91. The summed E-state index contributed by atoms with van der Waals surface area (Å²) >= 11 is 3.36. The van der Waals surface area contributed by atoms with Gasteiger partial charge in [-0.05, 0) is 42.8 Å². The molecule has 0 unspecified atom stereocenters. The summed E-state index contributed by atoms with van der Waals surface area (Å²) in [6.07, 6.45) is -0.435. The number of carboxylic acids is 1. The number of para-hydroxylation sites is 1. The Kier molecular flexibility index (Phi) is 5.95. The molecule has 0 heterocycles. The van der Waals surface area contributed by atoms with Crippen LogP contribution in [0.1, 0.15) is 24.0 Å². The first-order chi connectivity index (χ1) is 11.0. The van der Waals surface area contributed by atoms with Gasteiger partial charge in [-0.1, -0.05) is 39.9 Å². The third-order valence-corrected chi connectivity index (χ3v) is 3.47. The van der Waals surface area contributed by atoms with E-state index < -0.39 is 5.97 Å². The Morgan fingerprint density at radius 3 is 2.39 bits per heavy atom. The molecule has 0 radical (unpaired) electrons. The van der Waals surface area contributed by atoms with Crippen LogP contribution < -0.4 is 10.4 Å². The second-order valence-corrected chi connectivity index (χ2v) is 5.64. The molecule has 0 aliphatic heterocycles. The van der Waals surface area contributed by atoms with Crippen molar-refractivity contribution in [3.8, 4) is 11.8 Å². The van der Waals surface area contributed by atoms with Gasteiger partial charge in [-0.15, -0.1) is 0 Å². The van der Waals surface area contributed by atoms with Gasteiger partial charge in [0.15, 0.2) is 0 Å². The lowest BCUT2D eigenvalue weighted by Gasteiger charge is -2.07. The minimum atomic E-state index is -1.25. The summed E-state index contributed by atoms with van der Waals surface area (Å²) in [4.78, 5) is 22.1. The van der Waals surface area contributed by atoms with E-state index in [1.165, 1.54) is 0 Å². The Morgan fingerprint density at radius 1 is 1.00 bits per heavy atom. The molecular weight excluding hydrogens is 358 g/mol. The van der Waals surface area contributed by atoms with E-state index in [0.717, 1.165) is 10.0 Å². The lowest BCUT2D eigenvalue weighted by molar-refractivity contribution is -0.305. The number of carboxylic acid groups (broad SMARTS) is 1. The van der Waals surface area contributed by atoms with Gasteiger partial charge in [-0.2, -0.15) is 0 Å². The molecule has 0 bridgehead atoms. The largest absolute Gasteiger partial charge is 0.550 e. The van der Waals surface area contributed by atoms with Crippen molar-refractivity contribution in [2.24, 2.45) is 0 Å². The standard InChI is InChI=1S/C18H14BrNO3/c19-15-9-6-13(7-10-15)5-8-14-3-1-2-4-16(14)20-17(21)11-12-18(22)23/h1-4,6-7,9-10H,11-12H2,(H,20,21)(H,22,23)/p-1. The third kappa shape index (κ3) is 5.61. The molecule has 0 atom stereocenters. The van der Waals surface area contributed by atoms with E-state index in [1.54, 1.807) is 18.2 Å². The van der Waals surface area contributed by atoms with Crippen molar-refractivity contribution in [2.75, 3.05) is 5.32 Å². The highest BCUT2D eigenvalue weighted by Gasteiger charge is 2.05. The molecule has 1 amide bonds. The molecule has 2 aromatic rings. The van der Waals surface area contributed by atoms with Crippen LogP contribution in [0.2, 0.25) is 0 Å². The maximum absolute atomic E-state index is 11.7. The fourth-order valence-electron chi connectivity index (χ4n) is 1.80. The van der Waals surface area contributed by atoms with E-state index >= 15 is 0 Å². The summed E-state index contributed by atoms with van der Waals surface area (Å²) in [5, 5.41) is 13.1. The second-order valence-electron chi connectivity index (χ2n) is 4.72. The fourth-order valence-corrected chi connectivity index (χ4v) is 2.07. The molecule has 0 aromatic heterocycles. The molecule has 0 aliphatic carbocycles. The molecule has 4 nitrogen and oxygen atoms in total. The molecule has 5 heteroatoms. The topological polar surface area (TPSA) is 69.2 Å². The van der Waals surface area contributed by atoms with Crippen LogP contribution in [0.5, 0.6) is 0 Å².